The monoisotopic (exact) mass is 296 g/mol. The maximum Gasteiger partial charge on any atom is 0.338 e. The number of amides is 2. The Bertz CT molecular complexity index is 523. The molecule has 0 radical (unpaired) electrons. The number of aromatic carboxylic acids is 1. The van der Waals surface area contributed by atoms with Gasteiger partial charge in [-0.1, -0.05) is 6.08 Å². The molecule has 2 N–H and O–H groups in total. The number of urea groups is 1. The van der Waals surface area contributed by atoms with Crippen LogP contribution in [0.25, 0.3) is 0 Å². The molecular weight excluding hydrogens is 276 g/mol. The quantitative estimate of drug-likeness (QED) is 0.623. The summed E-state index contributed by atoms with van der Waals surface area (Å²) in [5, 5.41) is 12.3. The number of nitrogens with zero attached hydrogens (tertiary/aromatic N) is 1. The van der Waals surface area contributed by atoms with Gasteiger partial charge in [-0.15, -0.1) is 17.9 Å². The fraction of sp³-hybridized carbons (Fsp3) is 0.429. The number of aryl methyl sites for hydroxylation is 1. The van der Waals surface area contributed by atoms with E-state index >= 15 is 0 Å². The molecule has 1 rings (SSSR count). The van der Waals surface area contributed by atoms with E-state index in [0.717, 1.165) is 17.7 Å². The second kappa shape index (κ2) is 7.09. The second-order valence-electron chi connectivity index (χ2n) is 4.58. The molecule has 110 valence electrons. The van der Waals surface area contributed by atoms with Crippen LogP contribution >= 0.6 is 11.3 Å². The van der Waals surface area contributed by atoms with Crippen LogP contribution in [0.4, 0.5) is 9.80 Å². The molecule has 0 aliphatic carbocycles. The van der Waals surface area contributed by atoms with Crippen molar-refractivity contribution in [3.63, 3.8) is 0 Å². The summed E-state index contributed by atoms with van der Waals surface area (Å²) in [6.07, 6.45) is 3.48. The SMILES string of the molecule is C=CCCCN(C)C(=O)Nc1sc(C)c(C)c1C(=O)O. The number of allylic oxidation sites excluding steroid dienone is 1. The molecular formula is C14H20N2O3S. The first-order valence-electron chi connectivity index (χ1n) is 6.34. The van der Waals surface area contributed by atoms with Crippen molar-refractivity contribution in [1.29, 1.82) is 0 Å². The third-order valence-corrected chi connectivity index (χ3v) is 4.19. The number of carbonyl (C=O) groups excluding carboxylic acids is 1. The van der Waals surface area contributed by atoms with Crippen LogP contribution in [0.3, 0.4) is 0 Å². The van der Waals surface area contributed by atoms with Gasteiger partial charge in [0.1, 0.15) is 5.00 Å². The molecule has 20 heavy (non-hydrogen) atoms. The van der Waals surface area contributed by atoms with Gasteiger partial charge >= 0.3 is 12.0 Å². The largest absolute Gasteiger partial charge is 0.478 e. The summed E-state index contributed by atoms with van der Waals surface area (Å²) in [5.41, 5.74) is 0.882. The Labute approximate surface area is 122 Å². The Morgan fingerprint density at radius 2 is 2.10 bits per heavy atom. The highest BCUT2D eigenvalue weighted by atomic mass is 32.1. The first kappa shape index (κ1) is 16.2. The Hall–Kier alpha value is -1.82. The topological polar surface area (TPSA) is 69.6 Å². The van der Waals surface area contributed by atoms with Gasteiger partial charge in [-0.25, -0.2) is 9.59 Å². The highest BCUT2D eigenvalue weighted by Gasteiger charge is 2.21. The minimum atomic E-state index is -1.02. The Morgan fingerprint density at radius 3 is 2.65 bits per heavy atom. The first-order valence-corrected chi connectivity index (χ1v) is 7.16. The average Bonchev–Trinajstić information content (AvgIpc) is 2.64. The number of thiophene rings is 1. The number of unbranched alkanes of at least 4 members (excludes halogenated alkanes) is 1. The predicted molar refractivity (Wildman–Crippen MR) is 81.8 cm³/mol. The molecule has 0 saturated heterocycles. The zero-order chi connectivity index (χ0) is 15.3. The molecule has 0 aromatic carbocycles. The van der Waals surface area contributed by atoms with E-state index in [9.17, 15) is 14.7 Å². The molecule has 1 heterocycles. The van der Waals surface area contributed by atoms with Crippen molar-refractivity contribution in [1.82, 2.24) is 4.90 Å². The van der Waals surface area contributed by atoms with E-state index in [1.807, 2.05) is 6.92 Å². The second-order valence-corrected chi connectivity index (χ2v) is 5.80. The number of rotatable bonds is 6. The van der Waals surface area contributed by atoms with Crippen LogP contribution < -0.4 is 5.32 Å². The molecule has 0 aliphatic heterocycles. The van der Waals surface area contributed by atoms with Crippen molar-refractivity contribution in [2.45, 2.75) is 26.7 Å². The molecule has 1 aromatic heterocycles. The Morgan fingerprint density at radius 1 is 1.45 bits per heavy atom. The van der Waals surface area contributed by atoms with E-state index in [2.05, 4.69) is 11.9 Å². The van der Waals surface area contributed by atoms with Crippen LogP contribution in [0.2, 0.25) is 0 Å². The number of carbonyl (C=O) groups is 2. The van der Waals surface area contributed by atoms with Crippen molar-refractivity contribution >= 4 is 28.3 Å². The molecule has 0 spiro atoms. The predicted octanol–water partition coefficient (Wildman–Crippen LogP) is 3.49. The number of nitrogens with one attached hydrogen (secondary N) is 1. The lowest BCUT2D eigenvalue weighted by molar-refractivity contribution is 0.0697. The number of hydrogen-bond acceptors (Lipinski definition) is 3. The molecule has 6 heteroatoms. The van der Waals surface area contributed by atoms with Crippen LogP contribution in [-0.4, -0.2) is 35.6 Å². The van der Waals surface area contributed by atoms with Crippen molar-refractivity contribution in [3.05, 3.63) is 28.7 Å². The molecule has 1 aromatic rings. The maximum atomic E-state index is 12.0. The molecule has 2 amide bonds. The lowest BCUT2D eigenvalue weighted by atomic mass is 10.1. The van der Waals surface area contributed by atoms with Gasteiger partial charge in [-0.2, -0.15) is 0 Å². The third-order valence-electron chi connectivity index (χ3n) is 3.07. The van der Waals surface area contributed by atoms with Gasteiger partial charge in [-0.05, 0) is 32.3 Å². The van der Waals surface area contributed by atoms with E-state index < -0.39 is 5.97 Å². The zero-order valence-electron chi connectivity index (χ0n) is 12.0. The summed E-state index contributed by atoms with van der Waals surface area (Å²) in [4.78, 5) is 25.7. The zero-order valence-corrected chi connectivity index (χ0v) is 12.8. The molecule has 0 fully saturated rings. The van der Waals surface area contributed by atoms with Crippen LogP contribution in [0.15, 0.2) is 12.7 Å². The minimum Gasteiger partial charge on any atom is -0.478 e. The van der Waals surface area contributed by atoms with Gasteiger partial charge in [-0.3, -0.25) is 5.32 Å². The smallest absolute Gasteiger partial charge is 0.338 e. The van der Waals surface area contributed by atoms with E-state index in [1.165, 1.54) is 11.3 Å². The van der Waals surface area contributed by atoms with E-state index in [1.54, 1.807) is 24.9 Å². The van der Waals surface area contributed by atoms with Crippen LogP contribution in [0.5, 0.6) is 0 Å². The third kappa shape index (κ3) is 3.84. The van der Waals surface area contributed by atoms with Crippen LogP contribution in [0, 0.1) is 13.8 Å². The number of anilines is 1. The summed E-state index contributed by atoms with van der Waals surface area (Å²) in [7, 11) is 1.69. The van der Waals surface area contributed by atoms with Gasteiger partial charge in [0, 0.05) is 18.5 Å². The summed E-state index contributed by atoms with van der Waals surface area (Å²) in [6, 6.07) is -0.294. The van der Waals surface area contributed by atoms with Crippen molar-refractivity contribution < 1.29 is 14.7 Å². The molecule has 0 aliphatic rings. The summed E-state index contributed by atoms with van der Waals surface area (Å²) in [6.45, 7) is 7.82. The van der Waals surface area contributed by atoms with Crippen LogP contribution in [0.1, 0.15) is 33.6 Å². The highest BCUT2D eigenvalue weighted by Crippen LogP contribution is 2.32. The Balaban J connectivity index is 2.78. The normalized spacial score (nSPS) is 10.2. The van der Waals surface area contributed by atoms with Gasteiger partial charge in [0.2, 0.25) is 0 Å². The fourth-order valence-electron chi connectivity index (χ4n) is 1.74. The van der Waals surface area contributed by atoms with E-state index in [0.29, 0.717) is 17.1 Å². The first-order chi connectivity index (χ1) is 9.38. The summed E-state index contributed by atoms with van der Waals surface area (Å²) in [5.74, 6) is -1.02. The average molecular weight is 296 g/mol. The van der Waals surface area contributed by atoms with Crippen molar-refractivity contribution in [2.24, 2.45) is 0 Å². The molecule has 0 unspecified atom stereocenters. The standard InChI is InChI=1S/C14H20N2O3S/c1-5-6-7-8-16(4)14(19)15-12-11(13(17)18)9(2)10(3)20-12/h5H,1,6-8H2,2-4H3,(H,15,19)(H,17,18). The molecule has 0 bridgehead atoms. The molecule has 5 nitrogen and oxygen atoms in total. The van der Waals surface area contributed by atoms with Crippen molar-refractivity contribution in [2.75, 3.05) is 18.9 Å². The van der Waals surface area contributed by atoms with Crippen LogP contribution in [-0.2, 0) is 0 Å². The highest BCUT2D eigenvalue weighted by molar-refractivity contribution is 7.16. The number of hydrogen-bond donors (Lipinski definition) is 2. The lowest BCUT2D eigenvalue weighted by Crippen LogP contribution is -2.32. The molecule has 0 atom stereocenters. The van der Waals surface area contributed by atoms with Gasteiger partial charge in [0.05, 0.1) is 5.56 Å². The van der Waals surface area contributed by atoms with E-state index in [-0.39, 0.29) is 11.6 Å². The van der Waals surface area contributed by atoms with E-state index in [4.69, 9.17) is 0 Å². The maximum absolute atomic E-state index is 12.0. The summed E-state index contributed by atoms with van der Waals surface area (Å²) < 4.78 is 0. The van der Waals surface area contributed by atoms with Gasteiger partial charge in [0.25, 0.3) is 0 Å². The van der Waals surface area contributed by atoms with Crippen molar-refractivity contribution in [3.8, 4) is 0 Å². The van der Waals surface area contributed by atoms with Gasteiger partial charge in [0.15, 0.2) is 0 Å². The minimum absolute atomic E-state index is 0.181. The molecule has 0 saturated carbocycles. The number of carboxylic acid groups (broad SMARTS) is 1. The Kier molecular flexibility index (Phi) is 5.76. The van der Waals surface area contributed by atoms with Gasteiger partial charge < -0.3 is 10.0 Å². The lowest BCUT2D eigenvalue weighted by Gasteiger charge is -2.17. The fourth-order valence-corrected chi connectivity index (χ4v) is 2.78. The number of carboxylic acids is 1. The summed E-state index contributed by atoms with van der Waals surface area (Å²) >= 11 is 1.29.